The van der Waals surface area contributed by atoms with E-state index in [9.17, 15) is 0 Å². The minimum Gasteiger partial charge on any atom is -0.492 e. The van der Waals surface area contributed by atoms with Gasteiger partial charge in [0.2, 0.25) is 0 Å². The third-order valence-electron chi connectivity index (χ3n) is 2.90. The van der Waals surface area contributed by atoms with Crippen LogP contribution in [0.3, 0.4) is 0 Å². The number of thioether (sulfide) groups is 1. The van der Waals surface area contributed by atoms with Crippen LogP contribution >= 0.6 is 24.4 Å². The second-order valence-corrected chi connectivity index (χ2v) is 5.26. The molecule has 15 heavy (non-hydrogen) atoms. The van der Waals surface area contributed by atoms with E-state index in [0.717, 1.165) is 18.1 Å². The summed E-state index contributed by atoms with van der Waals surface area (Å²) in [5.74, 6) is 1.95. The number of benzene rings is 1. The van der Waals surface area contributed by atoms with E-state index in [2.05, 4.69) is 25.0 Å². The topological polar surface area (TPSA) is 9.23 Å². The van der Waals surface area contributed by atoms with Crippen LogP contribution in [0, 0.1) is 5.41 Å². The van der Waals surface area contributed by atoms with Gasteiger partial charge in [0.1, 0.15) is 5.75 Å². The zero-order chi connectivity index (χ0) is 10.7. The van der Waals surface area contributed by atoms with Crippen LogP contribution in [0.4, 0.5) is 0 Å². The Bertz CT molecular complexity index is 334. The highest BCUT2D eigenvalue weighted by atomic mass is 32.2. The molecule has 1 saturated carbocycles. The van der Waals surface area contributed by atoms with Crippen LogP contribution in [0.2, 0.25) is 0 Å². The molecule has 0 aliphatic heterocycles. The van der Waals surface area contributed by atoms with Gasteiger partial charge in [0.15, 0.2) is 0 Å². The summed E-state index contributed by atoms with van der Waals surface area (Å²) in [6.07, 6.45) is 4.60. The second kappa shape index (κ2) is 4.71. The van der Waals surface area contributed by atoms with E-state index < -0.39 is 0 Å². The first-order chi connectivity index (χ1) is 7.29. The predicted molar refractivity (Wildman–Crippen MR) is 69.2 cm³/mol. The Balaban J connectivity index is 1.98. The first kappa shape index (κ1) is 11.2. The molecular weight excluding hydrogens is 224 g/mol. The van der Waals surface area contributed by atoms with Gasteiger partial charge in [-0.05, 0) is 37.0 Å². The molecule has 0 unspecified atom stereocenters. The summed E-state index contributed by atoms with van der Waals surface area (Å²) in [7, 11) is 0. The molecule has 0 saturated heterocycles. The summed E-state index contributed by atoms with van der Waals surface area (Å²) >= 11 is 6.10. The zero-order valence-electron chi connectivity index (χ0n) is 8.90. The maximum absolute atomic E-state index is 5.88. The molecule has 2 rings (SSSR count). The van der Waals surface area contributed by atoms with E-state index in [-0.39, 0.29) is 0 Å². The van der Waals surface area contributed by atoms with Gasteiger partial charge in [-0.15, -0.1) is 11.8 Å². The maximum Gasteiger partial charge on any atom is 0.132 e. The van der Waals surface area contributed by atoms with Crippen molar-refractivity contribution in [1.29, 1.82) is 0 Å². The molecular formula is C12H16OS2. The SMILES string of the molecule is CSc1ccccc1OCC1(CS)CC1. The molecule has 1 aliphatic rings. The third kappa shape index (κ3) is 2.64. The molecule has 0 heterocycles. The molecule has 82 valence electrons. The van der Waals surface area contributed by atoms with E-state index >= 15 is 0 Å². The van der Waals surface area contributed by atoms with Gasteiger partial charge >= 0.3 is 0 Å². The molecule has 0 N–H and O–H groups in total. The number of para-hydroxylation sites is 1. The Morgan fingerprint density at radius 1 is 1.40 bits per heavy atom. The van der Waals surface area contributed by atoms with Gasteiger partial charge in [-0.1, -0.05) is 12.1 Å². The lowest BCUT2D eigenvalue weighted by molar-refractivity contribution is 0.245. The van der Waals surface area contributed by atoms with Crippen molar-refractivity contribution in [2.24, 2.45) is 5.41 Å². The van der Waals surface area contributed by atoms with E-state index in [1.165, 1.54) is 17.7 Å². The summed E-state index contributed by atoms with van der Waals surface area (Å²) < 4.78 is 5.88. The molecule has 0 bridgehead atoms. The van der Waals surface area contributed by atoms with Gasteiger partial charge in [0.25, 0.3) is 0 Å². The lowest BCUT2D eigenvalue weighted by Gasteiger charge is -2.15. The van der Waals surface area contributed by atoms with Gasteiger partial charge in [-0.25, -0.2) is 0 Å². The largest absolute Gasteiger partial charge is 0.492 e. The maximum atomic E-state index is 5.88. The van der Waals surface area contributed by atoms with E-state index in [4.69, 9.17) is 4.74 Å². The average molecular weight is 240 g/mol. The van der Waals surface area contributed by atoms with Crippen molar-refractivity contribution >= 4 is 24.4 Å². The predicted octanol–water partition coefficient (Wildman–Crippen LogP) is 3.50. The lowest BCUT2D eigenvalue weighted by Crippen LogP contribution is -2.14. The van der Waals surface area contributed by atoms with Gasteiger partial charge < -0.3 is 4.74 Å². The molecule has 1 fully saturated rings. The van der Waals surface area contributed by atoms with Crippen molar-refractivity contribution < 1.29 is 4.74 Å². The quantitative estimate of drug-likeness (QED) is 0.623. The first-order valence-corrected chi connectivity index (χ1v) is 7.02. The van der Waals surface area contributed by atoms with E-state index in [1.807, 2.05) is 18.2 Å². The standard InChI is InChI=1S/C12H16OS2/c1-15-11-5-3-2-4-10(11)13-8-12(9-14)6-7-12/h2-5,14H,6-9H2,1H3. The molecule has 1 aromatic carbocycles. The van der Waals surface area contributed by atoms with Crippen molar-refractivity contribution in [3.05, 3.63) is 24.3 Å². The third-order valence-corrected chi connectivity index (χ3v) is 4.34. The first-order valence-electron chi connectivity index (χ1n) is 5.16. The van der Waals surface area contributed by atoms with Crippen LogP contribution in [0.25, 0.3) is 0 Å². The van der Waals surface area contributed by atoms with Gasteiger partial charge in [0.05, 0.1) is 6.61 Å². The Hall–Kier alpha value is -0.280. The fraction of sp³-hybridized carbons (Fsp3) is 0.500. The minimum absolute atomic E-state index is 0.370. The minimum atomic E-state index is 0.370. The smallest absolute Gasteiger partial charge is 0.132 e. The summed E-state index contributed by atoms with van der Waals surface area (Å²) in [6.45, 7) is 0.814. The van der Waals surface area contributed by atoms with Crippen molar-refractivity contribution in [1.82, 2.24) is 0 Å². The number of rotatable bonds is 5. The molecule has 0 spiro atoms. The Labute approximate surface area is 101 Å². The Morgan fingerprint density at radius 2 is 2.13 bits per heavy atom. The summed E-state index contributed by atoms with van der Waals surface area (Å²) in [4.78, 5) is 1.22. The van der Waals surface area contributed by atoms with Crippen molar-refractivity contribution in [2.45, 2.75) is 17.7 Å². The molecule has 1 aliphatic carbocycles. The zero-order valence-corrected chi connectivity index (χ0v) is 10.6. The fourth-order valence-corrected chi connectivity index (χ4v) is 2.44. The molecule has 0 atom stereocenters. The van der Waals surface area contributed by atoms with Crippen LogP contribution in [0.15, 0.2) is 29.2 Å². The highest BCUT2D eigenvalue weighted by Gasteiger charge is 2.42. The highest BCUT2D eigenvalue weighted by molar-refractivity contribution is 7.98. The number of thiol groups is 1. The van der Waals surface area contributed by atoms with E-state index in [0.29, 0.717) is 5.41 Å². The molecule has 3 heteroatoms. The summed E-state index contributed by atoms with van der Waals surface area (Å²) in [5, 5.41) is 0. The monoisotopic (exact) mass is 240 g/mol. The molecule has 0 aromatic heterocycles. The normalized spacial score (nSPS) is 17.5. The van der Waals surface area contributed by atoms with E-state index in [1.54, 1.807) is 11.8 Å². The molecule has 0 amide bonds. The molecule has 1 aromatic rings. The van der Waals surface area contributed by atoms with Crippen molar-refractivity contribution in [3.8, 4) is 5.75 Å². The average Bonchev–Trinajstić information content (AvgIpc) is 3.07. The Kier molecular flexibility index (Phi) is 3.52. The summed E-state index contributed by atoms with van der Waals surface area (Å²) in [5.41, 5.74) is 0.370. The number of hydrogen-bond acceptors (Lipinski definition) is 3. The highest BCUT2D eigenvalue weighted by Crippen LogP contribution is 2.47. The number of hydrogen-bond donors (Lipinski definition) is 1. The molecule has 0 radical (unpaired) electrons. The second-order valence-electron chi connectivity index (χ2n) is 4.10. The van der Waals surface area contributed by atoms with Crippen LogP contribution in [0.5, 0.6) is 5.75 Å². The van der Waals surface area contributed by atoms with Gasteiger partial charge in [-0.2, -0.15) is 12.6 Å². The van der Waals surface area contributed by atoms with Crippen LogP contribution in [-0.2, 0) is 0 Å². The summed E-state index contributed by atoms with van der Waals surface area (Å²) in [6, 6.07) is 8.21. The van der Waals surface area contributed by atoms with Crippen molar-refractivity contribution in [3.63, 3.8) is 0 Å². The van der Waals surface area contributed by atoms with Crippen LogP contribution < -0.4 is 4.74 Å². The van der Waals surface area contributed by atoms with Crippen molar-refractivity contribution in [2.75, 3.05) is 18.6 Å². The Morgan fingerprint density at radius 3 is 2.73 bits per heavy atom. The van der Waals surface area contributed by atoms with Gasteiger partial charge in [-0.3, -0.25) is 0 Å². The lowest BCUT2D eigenvalue weighted by atomic mass is 10.2. The molecule has 1 nitrogen and oxygen atoms in total. The number of ether oxygens (including phenoxy) is 1. The van der Waals surface area contributed by atoms with Crippen LogP contribution in [-0.4, -0.2) is 18.6 Å². The fourth-order valence-electron chi connectivity index (χ4n) is 1.49. The van der Waals surface area contributed by atoms with Gasteiger partial charge in [0, 0.05) is 10.3 Å². The van der Waals surface area contributed by atoms with Crippen LogP contribution in [0.1, 0.15) is 12.8 Å².